The predicted octanol–water partition coefficient (Wildman–Crippen LogP) is 5.85. The number of unbranched alkanes of at least 4 members (excludes halogenated alkanes) is 1. The van der Waals surface area contributed by atoms with Gasteiger partial charge >= 0.3 is 0 Å². The second-order valence-electron chi connectivity index (χ2n) is 8.25. The zero-order chi connectivity index (χ0) is 22.3. The maximum Gasteiger partial charge on any atom is 0.231 e. The highest BCUT2D eigenvalue weighted by molar-refractivity contribution is 6.30. The minimum Gasteiger partial charge on any atom is -0.354 e. The summed E-state index contributed by atoms with van der Waals surface area (Å²) in [5.41, 5.74) is 2.77. The molecule has 0 N–H and O–H groups in total. The minimum absolute atomic E-state index is 0.0430. The van der Waals surface area contributed by atoms with Crippen molar-refractivity contribution in [3.8, 4) is 11.3 Å². The molecule has 2 aromatic carbocycles. The monoisotopic (exact) mass is 448 g/mol. The van der Waals surface area contributed by atoms with Crippen LogP contribution in [-0.2, 0) is 4.79 Å². The van der Waals surface area contributed by atoms with Crippen LogP contribution in [0.25, 0.3) is 11.3 Å². The van der Waals surface area contributed by atoms with Gasteiger partial charge in [0.2, 0.25) is 5.91 Å². The molecule has 1 saturated heterocycles. The highest BCUT2D eigenvalue weighted by Crippen LogP contribution is 2.27. The number of hydrogen-bond donors (Lipinski definition) is 0. The molecular formula is C26H29ClN4O. The summed E-state index contributed by atoms with van der Waals surface area (Å²) in [6.45, 7) is 4.47. The minimum atomic E-state index is -0.0430. The van der Waals surface area contributed by atoms with Crippen molar-refractivity contribution in [1.82, 2.24) is 10.2 Å². The first-order valence-electron chi connectivity index (χ1n) is 11.4. The quantitative estimate of drug-likeness (QED) is 0.455. The van der Waals surface area contributed by atoms with Crippen molar-refractivity contribution < 1.29 is 4.79 Å². The summed E-state index contributed by atoms with van der Waals surface area (Å²) in [6.07, 6.45) is 3.92. The average molecular weight is 449 g/mol. The van der Waals surface area contributed by atoms with Gasteiger partial charge in [0.15, 0.2) is 5.82 Å². The van der Waals surface area contributed by atoms with E-state index in [0.29, 0.717) is 11.6 Å². The number of carbonyl (C=O) groups excluding carboxylic acids is 1. The molecule has 1 unspecified atom stereocenters. The molecule has 3 aromatic rings. The van der Waals surface area contributed by atoms with Crippen LogP contribution in [-0.4, -0.2) is 35.7 Å². The van der Waals surface area contributed by atoms with Crippen LogP contribution in [0.4, 0.5) is 11.5 Å². The van der Waals surface area contributed by atoms with Gasteiger partial charge in [-0.3, -0.25) is 4.79 Å². The molecule has 1 atom stereocenters. The first-order valence-corrected chi connectivity index (χ1v) is 11.7. The molecule has 4 rings (SSSR count). The molecule has 1 aliphatic heterocycles. The van der Waals surface area contributed by atoms with Gasteiger partial charge in [0, 0.05) is 35.9 Å². The zero-order valence-electron chi connectivity index (χ0n) is 18.5. The summed E-state index contributed by atoms with van der Waals surface area (Å²) in [7, 11) is 0. The van der Waals surface area contributed by atoms with Crippen molar-refractivity contribution in [3.63, 3.8) is 0 Å². The van der Waals surface area contributed by atoms with Gasteiger partial charge < -0.3 is 9.80 Å². The van der Waals surface area contributed by atoms with Crippen LogP contribution in [0, 0.1) is 5.92 Å². The van der Waals surface area contributed by atoms with E-state index < -0.39 is 0 Å². The molecule has 1 aliphatic rings. The highest BCUT2D eigenvalue weighted by atomic mass is 35.5. The van der Waals surface area contributed by atoms with E-state index in [1.54, 1.807) is 0 Å². The lowest BCUT2D eigenvalue weighted by Gasteiger charge is -2.35. The maximum absolute atomic E-state index is 13.5. The van der Waals surface area contributed by atoms with E-state index in [-0.39, 0.29) is 11.8 Å². The Hall–Kier alpha value is -2.92. The molecule has 0 bridgehead atoms. The van der Waals surface area contributed by atoms with E-state index in [2.05, 4.69) is 22.0 Å². The van der Waals surface area contributed by atoms with Crippen molar-refractivity contribution in [1.29, 1.82) is 0 Å². The Balaban J connectivity index is 1.47. The number of hydrogen-bond acceptors (Lipinski definition) is 4. The average Bonchev–Trinajstić information content (AvgIpc) is 2.85. The molecule has 0 saturated carbocycles. The summed E-state index contributed by atoms with van der Waals surface area (Å²) in [5.74, 6) is 0.985. The molecule has 166 valence electrons. The van der Waals surface area contributed by atoms with E-state index in [0.717, 1.165) is 61.5 Å². The van der Waals surface area contributed by atoms with E-state index in [1.807, 2.05) is 71.6 Å². The summed E-state index contributed by atoms with van der Waals surface area (Å²) in [6, 6.07) is 21.6. The van der Waals surface area contributed by atoms with Crippen LogP contribution < -0.4 is 9.80 Å². The molecule has 1 fully saturated rings. The van der Waals surface area contributed by atoms with Crippen LogP contribution >= 0.6 is 11.6 Å². The second-order valence-corrected chi connectivity index (χ2v) is 8.68. The van der Waals surface area contributed by atoms with Gasteiger partial charge in [-0.05, 0) is 55.7 Å². The fourth-order valence-corrected chi connectivity index (χ4v) is 4.29. The van der Waals surface area contributed by atoms with Gasteiger partial charge in [0.1, 0.15) is 0 Å². The summed E-state index contributed by atoms with van der Waals surface area (Å²) in [4.78, 5) is 17.7. The van der Waals surface area contributed by atoms with Gasteiger partial charge in [-0.1, -0.05) is 55.3 Å². The second kappa shape index (κ2) is 10.6. The Morgan fingerprint density at radius 2 is 1.84 bits per heavy atom. The number of halogens is 1. The molecule has 5 nitrogen and oxygen atoms in total. The third-order valence-electron chi connectivity index (χ3n) is 5.95. The number of piperidine rings is 1. The normalized spacial score (nSPS) is 16.1. The van der Waals surface area contributed by atoms with Gasteiger partial charge in [-0.15, -0.1) is 10.2 Å². The number of nitrogens with zero attached hydrogens (tertiary/aromatic N) is 4. The lowest BCUT2D eigenvalue weighted by atomic mass is 9.96. The summed E-state index contributed by atoms with van der Waals surface area (Å²) in [5, 5.41) is 9.58. The molecular weight excluding hydrogens is 420 g/mol. The van der Waals surface area contributed by atoms with Crippen molar-refractivity contribution in [2.24, 2.45) is 5.92 Å². The topological polar surface area (TPSA) is 49.3 Å². The molecule has 0 spiro atoms. The van der Waals surface area contributed by atoms with Crippen molar-refractivity contribution in [2.45, 2.75) is 32.6 Å². The third-order valence-corrected chi connectivity index (χ3v) is 6.21. The van der Waals surface area contributed by atoms with Gasteiger partial charge in [-0.2, -0.15) is 0 Å². The maximum atomic E-state index is 13.5. The molecule has 0 radical (unpaired) electrons. The van der Waals surface area contributed by atoms with Gasteiger partial charge in [0.05, 0.1) is 11.6 Å². The Kier molecular flexibility index (Phi) is 7.38. The first-order chi connectivity index (χ1) is 15.7. The van der Waals surface area contributed by atoms with Gasteiger partial charge in [-0.25, -0.2) is 0 Å². The van der Waals surface area contributed by atoms with Crippen LogP contribution in [0.2, 0.25) is 5.02 Å². The molecule has 6 heteroatoms. The van der Waals surface area contributed by atoms with Crippen LogP contribution in [0.15, 0.2) is 66.7 Å². The van der Waals surface area contributed by atoms with Crippen LogP contribution in [0.3, 0.4) is 0 Å². The zero-order valence-corrected chi connectivity index (χ0v) is 19.2. The van der Waals surface area contributed by atoms with E-state index in [1.165, 1.54) is 0 Å². The molecule has 2 heterocycles. The van der Waals surface area contributed by atoms with Crippen molar-refractivity contribution in [3.05, 3.63) is 71.8 Å². The van der Waals surface area contributed by atoms with Crippen molar-refractivity contribution >= 4 is 29.0 Å². The van der Waals surface area contributed by atoms with E-state index in [9.17, 15) is 4.79 Å². The Labute approximate surface area is 195 Å². The third kappa shape index (κ3) is 5.28. The van der Waals surface area contributed by atoms with E-state index >= 15 is 0 Å². The Morgan fingerprint density at radius 3 is 2.53 bits per heavy atom. The number of para-hydroxylation sites is 1. The Bertz CT molecular complexity index is 1010. The molecule has 0 aliphatic carbocycles. The van der Waals surface area contributed by atoms with Crippen molar-refractivity contribution in [2.75, 3.05) is 29.4 Å². The molecule has 1 aromatic heterocycles. The highest BCUT2D eigenvalue weighted by Gasteiger charge is 2.30. The number of amides is 1. The number of anilines is 2. The standard InChI is InChI=1S/C26H29ClN4O/c1-2-3-18-31(23-9-5-4-6-10-23)26(32)21-8-7-17-30(19-21)25-16-15-24(28-29-25)20-11-13-22(27)14-12-20/h4-6,9-16,21H,2-3,7-8,17-19H2,1H3. The van der Waals surface area contributed by atoms with Crippen LogP contribution in [0.5, 0.6) is 0 Å². The smallest absolute Gasteiger partial charge is 0.231 e. The lowest BCUT2D eigenvalue weighted by Crippen LogP contribution is -2.45. The molecule has 32 heavy (non-hydrogen) atoms. The van der Waals surface area contributed by atoms with E-state index in [4.69, 9.17) is 11.6 Å². The predicted molar refractivity (Wildman–Crippen MR) is 131 cm³/mol. The number of benzene rings is 2. The fraction of sp³-hybridized carbons (Fsp3) is 0.346. The largest absolute Gasteiger partial charge is 0.354 e. The van der Waals surface area contributed by atoms with Gasteiger partial charge in [0.25, 0.3) is 0 Å². The lowest BCUT2D eigenvalue weighted by molar-refractivity contribution is -0.122. The van der Waals surface area contributed by atoms with Crippen LogP contribution in [0.1, 0.15) is 32.6 Å². The SMILES string of the molecule is CCCCN(C(=O)C1CCCN(c2ccc(-c3ccc(Cl)cc3)nn2)C1)c1ccccc1. The summed E-state index contributed by atoms with van der Waals surface area (Å²) < 4.78 is 0. The number of carbonyl (C=O) groups is 1. The number of aromatic nitrogens is 2. The Morgan fingerprint density at radius 1 is 1.06 bits per heavy atom. The summed E-state index contributed by atoms with van der Waals surface area (Å²) >= 11 is 5.98. The number of rotatable bonds is 7. The fourth-order valence-electron chi connectivity index (χ4n) is 4.17. The first kappa shape index (κ1) is 22.3. The molecule has 1 amide bonds.